The second kappa shape index (κ2) is 5.12. The van der Waals surface area contributed by atoms with Gasteiger partial charge in [-0.2, -0.15) is 13.2 Å². The zero-order chi connectivity index (χ0) is 14.9. The molecule has 0 heterocycles. The van der Waals surface area contributed by atoms with Crippen molar-refractivity contribution in [1.29, 1.82) is 0 Å². The zero-order valence-corrected chi connectivity index (χ0v) is 11.1. The number of alkyl halides is 3. The number of carbonyl (C=O) groups is 1. The second-order valence-electron chi connectivity index (χ2n) is 4.68. The van der Waals surface area contributed by atoms with Crippen molar-refractivity contribution in [2.75, 3.05) is 0 Å². The quantitative estimate of drug-likeness (QED) is 0.740. The highest BCUT2D eigenvalue weighted by atomic mass is 19.4. The molecule has 1 aromatic carbocycles. The number of ketones is 1. The second-order valence-corrected chi connectivity index (χ2v) is 4.68. The van der Waals surface area contributed by atoms with Crippen LogP contribution < -0.4 is 0 Å². The maximum Gasteiger partial charge on any atom is 0.417 e. The molecular formula is C16H13F3O. The molecule has 0 saturated carbocycles. The number of hydrogen-bond donors (Lipinski definition) is 0. The van der Waals surface area contributed by atoms with E-state index in [2.05, 4.69) is 0 Å². The zero-order valence-electron chi connectivity index (χ0n) is 11.1. The van der Waals surface area contributed by atoms with E-state index in [-0.39, 0.29) is 16.9 Å². The maximum atomic E-state index is 13.3. The molecule has 0 spiro atoms. The first-order valence-corrected chi connectivity index (χ1v) is 6.09. The lowest BCUT2D eigenvalue weighted by Crippen LogP contribution is -2.15. The molecule has 0 bridgehead atoms. The highest BCUT2D eigenvalue weighted by molar-refractivity contribution is 6.10. The first kappa shape index (κ1) is 14.3. The van der Waals surface area contributed by atoms with Crippen molar-refractivity contribution in [2.24, 2.45) is 0 Å². The summed E-state index contributed by atoms with van der Waals surface area (Å²) in [4.78, 5) is 11.6. The van der Waals surface area contributed by atoms with Crippen LogP contribution >= 0.6 is 0 Å². The normalized spacial score (nSPS) is 15.8. The Labute approximate surface area is 115 Å². The average Bonchev–Trinajstić information content (AvgIpc) is 2.35. The van der Waals surface area contributed by atoms with Crippen LogP contribution in [0, 0.1) is 0 Å². The van der Waals surface area contributed by atoms with E-state index < -0.39 is 11.7 Å². The van der Waals surface area contributed by atoms with Crippen LogP contribution in [0.5, 0.6) is 0 Å². The number of Topliss-reactive ketones (excluding diaryl/α,β-unsaturated/α-hetero) is 1. The van der Waals surface area contributed by atoms with Gasteiger partial charge in [-0.25, -0.2) is 0 Å². The Morgan fingerprint density at radius 1 is 0.950 bits per heavy atom. The van der Waals surface area contributed by atoms with Gasteiger partial charge in [0.25, 0.3) is 0 Å². The van der Waals surface area contributed by atoms with Crippen molar-refractivity contribution >= 4 is 11.4 Å². The fraction of sp³-hybridized carbons (Fsp3) is 0.188. The summed E-state index contributed by atoms with van der Waals surface area (Å²) in [5.41, 5.74) is 0.0374. The van der Waals surface area contributed by atoms with Crippen LogP contribution in [-0.4, -0.2) is 12.0 Å². The summed E-state index contributed by atoms with van der Waals surface area (Å²) in [6.07, 6.45) is -1.89. The summed E-state index contributed by atoms with van der Waals surface area (Å²) in [5.74, 6) is -0.219. The van der Waals surface area contributed by atoms with E-state index in [4.69, 9.17) is 0 Å². The Hall–Kier alpha value is -2.10. The number of rotatable bonds is 1. The molecule has 1 aliphatic rings. The van der Waals surface area contributed by atoms with Crippen LogP contribution in [-0.2, 0) is 4.79 Å². The average molecular weight is 278 g/mol. The molecule has 0 aromatic heterocycles. The van der Waals surface area contributed by atoms with E-state index in [1.807, 2.05) is 0 Å². The smallest absolute Gasteiger partial charge is 0.289 e. The molecule has 0 saturated heterocycles. The molecular weight excluding hydrogens is 265 g/mol. The van der Waals surface area contributed by atoms with Gasteiger partial charge >= 0.3 is 6.18 Å². The third kappa shape index (κ3) is 2.74. The molecule has 0 N–H and O–H groups in total. The number of hydrogen-bond acceptors (Lipinski definition) is 1. The molecule has 0 unspecified atom stereocenters. The van der Waals surface area contributed by atoms with Crippen LogP contribution in [0.4, 0.5) is 13.2 Å². The van der Waals surface area contributed by atoms with E-state index in [1.165, 1.54) is 38.1 Å². The molecule has 1 aromatic rings. The summed E-state index contributed by atoms with van der Waals surface area (Å²) < 4.78 is 40.0. The van der Waals surface area contributed by atoms with E-state index in [9.17, 15) is 18.0 Å². The van der Waals surface area contributed by atoms with Crippen LogP contribution in [0.1, 0.15) is 19.4 Å². The number of halogens is 3. The minimum Gasteiger partial charge on any atom is -0.289 e. The molecule has 20 heavy (non-hydrogen) atoms. The van der Waals surface area contributed by atoms with Crippen LogP contribution in [0.25, 0.3) is 5.57 Å². The molecule has 0 radical (unpaired) electrons. The fourth-order valence-corrected chi connectivity index (χ4v) is 2.19. The van der Waals surface area contributed by atoms with Gasteiger partial charge < -0.3 is 0 Å². The minimum absolute atomic E-state index is 0.0262. The predicted molar refractivity (Wildman–Crippen MR) is 71.9 cm³/mol. The first-order chi connectivity index (χ1) is 9.30. The van der Waals surface area contributed by atoms with Gasteiger partial charge in [0.15, 0.2) is 5.78 Å². The van der Waals surface area contributed by atoms with E-state index in [1.54, 1.807) is 18.2 Å². The summed E-state index contributed by atoms with van der Waals surface area (Å²) in [7, 11) is 0. The predicted octanol–water partition coefficient (Wildman–Crippen LogP) is 4.48. The molecule has 0 amide bonds. The van der Waals surface area contributed by atoms with Gasteiger partial charge in [0.05, 0.1) is 5.57 Å². The highest BCUT2D eigenvalue weighted by Gasteiger charge is 2.37. The van der Waals surface area contributed by atoms with Gasteiger partial charge in [0.2, 0.25) is 0 Å². The fourth-order valence-electron chi connectivity index (χ4n) is 2.19. The van der Waals surface area contributed by atoms with Gasteiger partial charge in [-0.15, -0.1) is 0 Å². The van der Waals surface area contributed by atoms with Gasteiger partial charge in [-0.1, -0.05) is 30.3 Å². The first-order valence-electron chi connectivity index (χ1n) is 6.09. The van der Waals surface area contributed by atoms with Gasteiger partial charge in [-0.3, -0.25) is 4.79 Å². The minimum atomic E-state index is -4.48. The summed E-state index contributed by atoms with van der Waals surface area (Å²) >= 11 is 0. The van der Waals surface area contributed by atoms with Crippen LogP contribution in [0.2, 0.25) is 0 Å². The van der Waals surface area contributed by atoms with Crippen LogP contribution in [0.15, 0.2) is 59.2 Å². The van der Waals surface area contributed by atoms with Crippen molar-refractivity contribution in [3.63, 3.8) is 0 Å². The van der Waals surface area contributed by atoms with Gasteiger partial charge in [-0.05, 0) is 48.3 Å². The maximum absolute atomic E-state index is 13.3. The van der Waals surface area contributed by atoms with Gasteiger partial charge in [0.1, 0.15) is 0 Å². The largest absolute Gasteiger partial charge is 0.417 e. The topological polar surface area (TPSA) is 17.1 Å². The van der Waals surface area contributed by atoms with Crippen molar-refractivity contribution in [3.8, 4) is 0 Å². The lowest BCUT2D eigenvalue weighted by atomic mass is 9.90. The van der Waals surface area contributed by atoms with Crippen LogP contribution in [0.3, 0.4) is 0 Å². The van der Waals surface area contributed by atoms with E-state index in [0.717, 1.165) is 0 Å². The third-order valence-electron chi connectivity index (χ3n) is 3.09. The summed E-state index contributed by atoms with van der Waals surface area (Å²) in [5, 5.41) is 0. The third-order valence-corrected chi connectivity index (χ3v) is 3.09. The lowest BCUT2D eigenvalue weighted by Gasteiger charge is -2.18. The van der Waals surface area contributed by atoms with Crippen molar-refractivity contribution < 1.29 is 18.0 Å². The molecule has 1 aliphatic carbocycles. The molecule has 4 heteroatoms. The van der Waals surface area contributed by atoms with E-state index in [0.29, 0.717) is 11.1 Å². The Morgan fingerprint density at radius 2 is 1.45 bits per heavy atom. The Balaban J connectivity index is 2.70. The SMILES string of the molecule is CC1=CC(=C(c2ccccc2)C(F)(F)F)C=C(C)C1=O. The summed E-state index contributed by atoms with van der Waals surface area (Å²) in [6.45, 7) is 3.05. The number of allylic oxidation sites excluding steroid dienone is 6. The Kier molecular flexibility index (Phi) is 3.66. The Bertz CT molecular complexity index is 607. The monoisotopic (exact) mass is 278 g/mol. The lowest BCUT2D eigenvalue weighted by molar-refractivity contribution is -0.112. The molecule has 1 nitrogen and oxygen atoms in total. The summed E-state index contributed by atoms with van der Waals surface area (Å²) in [6, 6.07) is 7.61. The Morgan fingerprint density at radius 3 is 1.90 bits per heavy atom. The molecule has 104 valence electrons. The molecule has 0 atom stereocenters. The molecule has 2 rings (SSSR count). The van der Waals surface area contributed by atoms with Crippen molar-refractivity contribution in [2.45, 2.75) is 20.0 Å². The molecule has 0 fully saturated rings. The number of carbonyl (C=O) groups excluding carboxylic acids is 1. The standard InChI is InChI=1S/C16H13F3O/c1-10-8-13(9-11(2)15(10)20)14(16(17,18)19)12-6-4-3-5-7-12/h3-9H,1-2H3. The van der Waals surface area contributed by atoms with Crippen molar-refractivity contribution in [3.05, 3.63) is 64.8 Å². The van der Waals surface area contributed by atoms with E-state index >= 15 is 0 Å². The molecule has 0 aliphatic heterocycles. The van der Waals surface area contributed by atoms with Gasteiger partial charge in [0, 0.05) is 0 Å². The number of benzene rings is 1. The highest BCUT2D eigenvalue weighted by Crippen LogP contribution is 2.38. The van der Waals surface area contributed by atoms with Crippen molar-refractivity contribution in [1.82, 2.24) is 0 Å².